The Hall–Kier alpha value is -2.33. The smallest absolute Gasteiger partial charge is 0.322 e. The van der Waals surface area contributed by atoms with Crippen LogP contribution in [0.2, 0.25) is 0 Å². The number of benzene rings is 2. The summed E-state index contributed by atoms with van der Waals surface area (Å²) in [6, 6.07) is 18.7. The number of urea groups is 1. The van der Waals surface area contributed by atoms with Gasteiger partial charge in [-0.1, -0.05) is 48.5 Å². The molecule has 1 heterocycles. The molecule has 1 unspecified atom stereocenters. The Balaban J connectivity index is 1.49. The first-order chi connectivity index (χ1) is 11.6. The second kappa shape index (κ2) is 7.49. The normalized spacial score (nSPS) is 16.3. The van der Waals surface area contributed by atoms with E-state index in [0.29, 0.717) is 6.54 Å². The lowest BCUT2D eigenvalue weighted by atomic mass is 10.1. The Morgan fingerprint density at radius 3 is 2.67 bits per heavy atom. The number of anilines is 1. The molecule has 0 radical (unpaired) electrons. The number of amides is 2. The molecular weight excluding hydrogens is 298 g/mol. The van der Waals surface area contributed by atoms with Gasteiger partial charge < -0.3 is 10.2 Å². The predicted molar refractivity (Wildman–Crippen MR) is 98.3 cm³/mol. The van der Waals surface area contributed by atoms with Crippen LogP contribution in [0, 0.1) is 0 Å². The van der Waals surface area contributed by atoms with Crippen LogP contribution in [0.3, 0.4) is 0 Å². The topological polar surface area (TPSA) is 35.6 Å². The number of carbonyl (C=O) groups is 1. The molecule has 24 heavy (non-hydrogen) atoms. The molecule has 4 heteroatoms. The highest BCUT2D eigenvalue weighted by Crippen LogP contribution is 2.31. The Bertz CT molecular complexity index is 686. The van der Waals surface area contributed by atoms with Gasteiger partial charge in [0.15, 0.2) is 0 Å². The van der Waals surface area contributed by atoms with Gasteiger partial charge in [-0.05, 0) is 37.6 Å². The van der Waals surface area contributed by atoms with E-state index in [-0.39, 0.29) is 12.1 Å². The number of fused-ring (bicyclic) bond motifs is 1. The van der Waals surface area contributed by atoms with E-state index in [4.69, 9.17) is 0 Å². The quantitative estimate of drug-likeness (QED) is 0.916. The third kappa shape index (κ3) is 3.77. The molecule has 0 aliphatic carbocycles. The zero-order valence-electron chi connectivity index (χ0n) is 14.4. The summed E-state index contributed by atoms with van der Waals surface area (Å²) in [5.41, 5.74) is 3.58. The van der Waals surface area contributed by atoms with Gasteiger partial charge in [0.25, 0.3) is 0 Å². The highest BCUT2D eigenvalue weighted by atomic mass is 16.2. The van der Waals surface area contributed by atoms with Crippen molar-refractivity contribution >= 4 is 11.7 Å². The van der Waals surface area contributed by atoms with Crippen LogP contribution in [0.4, 0.5) is 10.5 Å². The molecule has 2 amide bonds. The Kier molecular flexibility index (Phi) is 5.16. The number of para-hydroxylation sites is 1. The van der Waals surface area contributed by atoms with Crippen molar-refractivity contribution in [2.75, 3.05) is 25.0 Å². The summed E-state index contributed by atoms with van der Waals surface area (Å²) in [6.07, 6.45) is 0.928. The van der Waals surface area contributed by atoms with Gasteiger partial charge in [0.2, 0.25) is 0 Å². The first kappa shape index (κ1) is 16.5. The molecule has 4 nitrogen and oxygen atoms in total. The van der Waals surface area contributed by atoms with E-state index in [1.54, 1.807) is 0 Å². The van der Waals surface area contributed by atoms with Crippen molar-refractivity contribution in [2.24, 2.45) is 0 Å². The lowest BCUT2D eigenvalue weighted by Crippen LogP contribution is -2.45. The summed E-state index contributed by atoms with van der Waals surface area (Å²) in [5.74, 6) is 0. The molecule has 1 N–H and O–H groups in total. The van der Waals surface area contributed by atoms with Crippen LogP contribution >= 0.6 is 0 Å². The van der Waals surface area contributed by atoms with Gasteiger partial charge in [0.1, 0.15) is 0 Å². The Labute approximate surface area is 144 Å². The molecule has 2 aromatic rings. The van der Waals surface area contributed by atoms with E-state index in [9.17, 15) is 4.79 Å². The van der Waals surface area contributed by atoms with Gasteiger partial charge in [0, 0.05) is 31.4 Å². The van der Waals surface area contributed by atoms with E-state index >= 15 is 0 Å². The third-order valence-electron chi connectivity index (χ3n) is 4.49. The summed E-state index contributed by atoms with van der Waals surface area (Å²) in [5, 5.41) is 3.06. The highest BCUT2D eigenvalue weighted by Gasteiger charge is 2.30. The second-order valence-electron chi connectivity index (χ2n) is 6.51. The van der Waals surface area contributed by atoms with E-state index in [2.05, 4.69) is 54.5 Å². The average Bonchev–Trinajstić information content (AvgIpc) is 2.91. The van der Waals surface area contributed by atoms with E-state index in [1.807, 2.05) is 29.2 Å². The number of likely N-dealkylation sites (N-methyl/N-ethyl adjacent to an activating group) is 1. The summed E-state index contributed by atoms with van der Waals surface area (Å²) >= 11 is 0. The molecule has 0 spiro atoms. The molecule has 126 valence electrons. The monoisotopic (exact) mass is 323 g/mol. The molecule has 0 fully saturated rings. The number of rotatable bonds is 5. The van der Waals surface area contributed by atoms with E-state index in [0.717, 1.165) is 25.2 Å². The van der Waals surface area contributed by atoms with Gasteiger partial charge in [-0.3, -0.25) is 4.90 Å². The van der Waals surface area contributed by atoms with Gasteiger partial charge in [-0.25, -0.2) is 4.79 Å². The summed E-state index contributed by atoms with van der Waals surface area (Å²) < 4.78 is 0. The van der Waals surface area contributed by atoms with Gasteiger partial charge in [-0.15, -0.1) is 0 Å². The fraction of sp³-hybridized carbons (Fsp3) is 0.350. The van der Waals surface area contributed by atoms with Crippen molar-refractivity contribution in [3.63, 3.8) is 0 Å². The fourth-order valence-corrected chi connectivity index (χ4v) is 3.29. The van der Waals surface area contributed by atoms with Crippen LogP contribution < -0.4 is 10.2 Å². The van der Waals surface area contributed by atoms with Crippen molar-refractivity contribution in [3.05, 3.63) is 65.7 Å². The largest absolute Gasteiger partial charge is 0.336 e. The van der Waals surface area contributed by atoms with Crippen LogP contribution in [-0.2, 0) is 13.0 Å². The maximum Gasteiger partial charge on any atom is 0.322 e. The molecule has 0 saturated carbocycles. The molecule has 3 rings (SSSR count). The predicted octanol–water partition coefficient (Wildman–Crippen LogP) is 3.28. The standard InChI is InChI=1S/C20H25N3O/c1-16-14-18-10-6-7-11-19(18)23(16)20(24)21-12-13-22(2)15-17-8-4-3-5-9-17/h3-11,16H,12-15H2,1-2H3,(H,21,24). The number of nitrogens with one attached hydrogen (secondary N) is 1. The minimum absolute atomic E-state index is 0.000520. The SMILES string of the molecule is CC1Cc2ccccc2N1C(=O)NCCN(C)Cc1ccccc1. The lowest BCUT2D eigenvalue weighted by Gasteiger charge is -2.24. The number of hydrogen-bond acceptors (Lipinski definition) is 2. The highest BCUT2D eigenvalue weighted by molar-refractivity contribution is 5.94. The van der Waals surface area contributed by atoms with Crippen molar-refractivity contribution in [1.29, 1.82) is 0 Å². The molecule has 0 bridgehead atoms. The zero-order valence-corrected chi connectivity index (χ0v) is 14.4. The molecule has 2 aromatic carbocycles. The zero-order chi connectivity index (χ0) is 16.9. The lowest BCUT2D eigenvalue weighted by molar-refractivity contribution is 0.242. The molecular formula is C20H25N3O. The summed E-state index contributed by atoms with van der Waals surface area (Å²) in [7, 11) is 2.08. The molecule has 1 atom stereocenters. The molecule has 0 aromatic heterocycles. The van der Waals surface area contributed by atoms with Crippen LogP contribution in [-0.4, -0.2) is 37.1 Å². The van der Waals surface area contributed by atoms with Gasteiger partial charge >= 0.3 is 6.03 Å². The Morgan fingerprint density at radius 1 is 1.17 bits per heavy atom. The Morgan fingerprint density at radius 2 is 1.88 bits per heavy atom. The second-order valence-corrected chi connectivity index (χ2v) is 6.51. The average molecular weight is 323 g/mol. The first-order valence-corrected chi connectivity index (χ1v) is 8.52. The van der Waals surface area contributed by atoms with Crippen LogP contribution in [0.15, 0.2) is 54.6 Å². The minimum Gasteiger partial charge on any atom is -0.336 e. The summed E-state index contributed by atoms with van der Waals surface area (Å²) in [4.78, 5) is 16.7. The maximum atomic E-state index is 12.6. The van der Waals surface area contributed by atoms with Crippen molar-refractivity contribution in [1.82, 2.24) is 10.2 Å². The first-order valence-electron chi connectivity index (χ1n) is 8.52. The van der Waals surface area contributed by atoms with Crippen molar-refractivity contribution in [2.45, 2.75) is 25.9 Å². The number of hydrogen-bond donors (Lipinski definition) is 1. The number of nitrogens with zero attached hydrogens (tertiary/aromatic N) is 2. The molecule has 1 aliphatic rings. The van der Waals surface area contributed by atoms with Crippen LogP contribution in [0.1, 0.15) is 18.1 Å². The van der Waals surface area contributed by atoms with Gasteiger partial charge in [0.05, 0.1) is 0 Å². The van der Waals surface area contributed by atoms with Crippen molar-refractivity contribution in [3.8, 4) is 0 Å². The van der Waals surface area contributed by atoms with Crippen LogP contribution in [0.25, 0.3) is 0 Å². The van der Waals surface area contributed by atoms with Crippen LogP contribution in [0.5, 0.6) is 0 Å². The number of carbonyl (C=O) groups excluding carboxylic acids is 1. The molecule has 1 aliphatic heterocycles. The molecule has 0 saturated heterocycles. The van der Waals surface area contributed by atoms with E-state index in [1.165, 1.54) is 11.1 Å². The fourth-order valence-electron chi connectivity index (χ4n) is 3.29. The van der Waals surface area contributed by atoms with E-state index < -0.39 is 0 Å². The summed E-state index contributed by atoms with van der Waals surface area (Å²) in [6.45, 7) is 4.46. The maximum absolute atomic E-state index is 12.6. The minimum atomic E-state index is 0.000520. The van der Waals surface area contributed by atoms with Crippen molar-refractivity contribution < 1.29 is 4.79 Å². The third-order valence-corrected chi connectivity index (χ3v) is 4.49. The van der Waals surface area contributed by atoms with Gasteiger partial charge in [-0.2, -0.15) is 0 Å².